The molecule has 0 saturated carbocycles. The topological polar surface area (TPSA) is 59.4 Å². The Hall–Kier alpha value is -1.92. The van der Waals surface area contributed by atoms with Crippen molar-refractivity contribution in [2.24, 2.45) is 7.05 Å². The van der Waals surface area contributed by atoms with Crippen LogP contribution in [-0.4, -0.2) is 30.4 Å². The van der Waals surface area contributed by atoms with E-state index in [1.165, 1.54) is 0 Å². The van der Waals surface area contributed by atoms with Gasteiger partial charge in [0.1, 0.15) is 0 Å². The Morgan fingerprint density at radius 1 is 1.00 bits per heavy atom. The first-order chi connectivity index (χ1) is 11.4. The van der Waals surface area contributed by atoms with Crippen LogP contribution < -0.4 is 5.56 Å². The molecular formula is C18H22N2O3S. The molecule has 2 heterocycles. The van der Waals surface area contributed by atoms with Gasteiger partial charge < -0.3 is 4.57 Å². The summed E-state index contributed by atoms with van der Waals surface area (Å²) in [5.41, 5.74) is 3.86. The standard InChI is InChI=1S/C18H22N2O3S/c1-14-3-5-15(6-4-14)13-24(22,23)20-11-9-16-7-8-18(21)19(2)17(16)10-12-20/h3-8H,9-13H2,1-2H3. The zero-order valence-electron chi connectivity index (χ0n) is 14.0. The summed E-state index contributed by atoms with van der Waals surface area (Å²) in [6.45, 7) is 2.85. The van der Waals surface area contributed by atoms with Crippen LogP contribution in [-0.2, 0) is 35.7 Å². The smallest absolute Gasteiger partial charge is 0.250 e. The van der Waals surface area contributed by atoms with Gasteiger partial charge in [0.2, 0.25) is 15.6 Å². The summed E-state index contributed by atoms with van der Waals surface area (Å²) >= 11 is 0. The summed E-state index contributed by atoms with van der Waals surface area (Å²) in [6.07, 6.45) is 1.20. The average Bonchev–Trinajstić information content (AvgIpc) is 2.76. The number of sulfonamides is 1. The van der Waals surface area contributed by atoms with Crippen molar-refractivity contribution < 1.29 is 8.42 Å². The molecule has 1 aliphatic heterocycles. The third-order valence-corrected chi connectivity index (χ3v) is 6.47. The highest BCUT2D eigenvalue weighted by atomic mass is 32.2. The van der Waals surface area contributed by atoms with E-state index >= 15 is 0 Å². The van der Waals surface area contributed by atoms with Crippen LogP contribution in [0.15, 0.2) is 41.2 Å². The number of rotatable bonds is 3. The van der Waals surface area contributed by atoms with Crippen LogP contribution in [0.5, 0.6) is 0 Å². The largest absolute Gasteiger partial charge is 0.315 e. The fourth-order valence-electron chi connectivity index (χ4n) is 3.14. The number of aromatic nitrogens is 1. The van der Waals surface area contributed by atoms with Crippen molar-refractivity contribution in [3.63, 3.8) is 0 Å². The molecule has 0 fully saturated rings. The van der Waals surface area contributed by atoms with Crippen LogP contribution in [0.1, 0.15) is 22.4 Å². The second kappa shape index (κ2) is 6.53. The zero-order valence-corrected chi connectivity index (χ0v) is 14.8. The van der Waals surface area contributed by atoms with E-state index in [0.29, 0.717) is 25.9 Å². The van der Waals surface area contributed by atoms with Gasteiger partial charge in [-0.25, -0.2) is 12.7 Å². The minimum Gasteiger partial charge on any atom is -0.315 e. The molecular weight excluding hydrogens is 324 g/mol. The molecule has 128 valence electrons. The van der Waals surface area contributed by atoms with E-state index in [9.17, 15) is 13.2 Å². The summed E-state index contributed by atoms with van der Waals surface area (Å²) < 4.78 is 28.7. The van der Waals surface area contributed by atoms with E-state index in [4.69, 9.17) is 0 Å². The van der Waals surface area contributed by atoms with Crippen molar-refractivity contribution in [3.8, 4) is 0 Å². The molecule has 3 rings (SSSR count). The van der Waals surface area contributed by atoms with Crippen LogP contribution >= 0.6 is 0 Å². The van der Waals surface area contributed by atoms with Gasteiger partial charge in [0, 0.05) is 38.3 Å². The molecule has 2 aromatic rings. The van der Waals surface area contributed by atoms with E-state index in [-0.39, 0.29) is 11.3 Å². The highest BCUT2D eigenvalue weighted by Gasteiger charge is 2.25. The summed E-state index contributed by atoms with van der Waals surface area (Å²) in [5, 5.41) is 0. The number of benzene rings is 1. The van der Waals surface area contributed by atoms with Gasteiger partial charge in [-0.1, -0.05) is 35.9 Å². The van der Waals surface area contributed by atoms with Crippen molar-refractivity contribution in [2.45, 2.75) is 25.5 Å². The van der Waals surface area contributed by atoms with Crippen molar-refractivity contribution in [3.05, 3.63) is 69.1 Å². The quantitative estimate of drug-likeness (QED) is 0.849. The zero-order chi connectivity index (χ0) is 17.3. The van der Waals surface area contributed by atoms with Crippen molar-refractivity contribution in [2.75, 3.05) is 13.1 Å². The Bertz CT molecular complexity index is 899. The second-order valence-corrected chi connectivity index (χ2v) is 8.31. The fourth-order valence-corrected chi connectivity index (χ4v) is 4.67. The molecule has 0 aliphatic carbocycles. The predicted octanol–water partition coefficient (Wildman–Crippen LogP) is 1.62. The molecule has 24 heavy (non-hydrogen) atoms. The van der Waals surface area contributed by atoms with Crippen molar-refractivity contribution in [1.82, 2.24) is 8.87 Å². The molecule has 0 N–H and O–H groups in total. The Morgan fingerprint density at radius 3 is 2.38 bits per heavy atom. The number of nitrogens with zero attached hydrogens (tertiary/aromatic N) is 2. The fraction of sp³-hybridized carbons (Fsp3) is 0.389. The maximum Gasteiger partial charge on any atom is 0.250 e. The van der Waals surface area contributed by atoms with Gasteiger partial charge in [-0.2, -0.15) is 0 Å². The van der Waals surface area contributed by atoms with E-state index in [1.807, 2.05) is 37.3 Å². The Labute approximate surface area is 142 Å². The third kappa shape index (κ3) is 3.44. The van der Waals surface area contributed by atoms with Gasteiger partial charge in [0.25, 0.3) is 0 Å². The minimum atomic E-state index is -3.37. The highest BCUT2D eigenvalue weighted by molar-refractivity contribution is 7.88. The van der Waals surface area contributed by atoms with Crippen molar-refractivity contribution in [1.29, 1.82) is 0 Å². The molecule has 0 radical (unpaired) electrons. The number of pyridine rings is 1. The summed E-state index contributed by atoms with van der Waals surface area (Å²) in [7, 11) is -1.62. The van der Waals surface area contributed by atoms with Crippen LogP contribution in [0.2, 0.25) is 0 Å². The number of hydrogen-bond acceptors (Lipinski definition) is 3. The van der Waals surface area contributed by atoms with E-state index in [0.717, 1.165) is 22.4 Å². The SMILES string of the molecule is Cc1ccc(CS(=O)(=O)N2CCc3ccc(=O)n(C)c3CC2)cc1. The molecule has 0 bridgehead atoms. The van der Waals surface area contributed by atoms with Crippen LogP contribution in [0.25, 0.3) is 0 Å². The lowest BCUT2D eigenvalue weighted by Crippen LogP contribution is -2.34. The van der Waals surface area contributed by atoms with Gasteiger partial charge in [-0.05, 0) is 24.5 Å². The lowest BCUT2D eigenvalue weighted by atomic mass is 10.1. The van der Waals surface area contributed by atoms with E-state index in [1.54, 1.807) is 22.0 Å². The molecule has 0 unspecified atom stereocenters. The first-order valence-corrected chi connectivity index (χ1v) is 9.69. The third-order valence-electron chi connectivity index (χ3n) is 4.62. The molecule has 0 spiro atoms. The lowest BCUT2D eigenvalue weighted by molar-refractivity contribution is 0.424. The summed E-state index contributed by atoms with van der Waals surface area (Å²) in [6, 6.07) is 11.0. The molecule has 6 heteroatoms. The van der Waals surface area contributed by atoms with Crippen LogP contribution in [0.4, 0.5) is 0 Å². The maximum atomic E-state index is 12.8. The van der Waals surface area contributed by atoms with Gasteiger partial charge in [-0.15, -0.1) is 0 Å². The Balaban J connectivity index is 1.80. The first kappa shape index (κ1) is 16.9. The summed E-state index contributed by atoms with van der Waals surface area (Å²) in [4.78, 5) is 11.8. The highest BCUT2D eigenvalue weighted by Crippen LogP contribution is 2.18. The van der Waals surface area contributed by atoms with Gasteiger partial charge in [0.15, 0.2) is 0 Å². The number of aryl methyl sites for hydroxylation is 1. The molecule has 0 saturated heterocycles. The molecule has 1 aromatic carbocycles. The minimum absolute atomic E-state index is 0.0164. The molecule has 0 amide bonds. The number of fused-ring (bicyclic) bond motifs is 1. The molecule has 0 atom stereocenters. The monoisotopic (exact) mass is 346 g/mol. The first-order valence-electron chi connectivity index (χ1n) is 8.08. The van der Waals surface area contributed by atoms with Gasteiger partial charge in [-0.3, -0.25) is 4.79 Å². The van der Waals surface area contributed by atoms with Crippen LogP contribution in [0.3, 0.4) is 0 Å². The van der Waals surface area contributed by atoms with Crippen LogP contribution in [0, 0.1) is 6.92 Å². The Kier molecular flexibility index (Phi) is 4.60. The van der Waals surface area contributed by atoms with Crippen molar-refractivity contribution >= 4 is 10.0 Å². The average molecular weight is 346 g/mol. The van der Waals surface area contributed by atoms with E-state index < -0.39 is 10.0 Å². The molecule has 1 aliphatic rings. The molecule has 5 nitrogen and oxygen atoms in total. The van der Waals surface area contributed by atoms with E-state index in [2.05, 4.69) is 0 Å². The number of hydrogen-bond donors (Lipinski definition) is 0. The predicted molar refractivity (Wildman–Crippen MR) is 94.5 cm³/mol. The van der Waals surface area contributed by atoms with Gasteiger partial charge >= 0.3 is 0 Å². The second-order valence-electron chi connectivity index (χ2n) is 6.34. The maximum absolute atomic E-state index is 12.8. The van der Waals surface area contributed by atoms with Gasteiger partial charge in [0.05, 0.1) is 5.75 Å². The lowest BCUT2D eigenvalue weighted by Gasteiger charge is -2.20. The normalized spacial score (nSPS) is 15.8. The Morgan fingerprint density at radius 2 is 1.67 bits per heavy atom. The molecule has 1 aromatic heterocycles. The summed E-state index contributed by atoms with van der Waals surface area (Å²) in [5.74, 6) is 0.0164.